The molecule has 0 heterocycles. The molecule has 94 valence electrons. The van der Waals surface area contributed by atoms with E-state index in [4.69, 9.17) is 0 Å². The summed E-state index contributed by atoms with van der Waals surface area (Å²) in [5, 5.41) is 2.30. The second-order valence-corrected chi connectivity index (χ2v) is 4.48. The Morgan fingerprint density at radius 1 is 0.700 bits per heavy atom. The smallest absolute Gasteiger partial charge is 0.151 e. The van der Waals surface area contributed by atoms with Crippen molar-refractivity contribution in [3.63, 3.8) is 0 Å². The lowest BCUT2D eigenvalue weighted by Crippen LogP contribution is -1.86. The first-order valence-electron chi connectivity index (χ1n) is 6.42. The van der Waals surface area contributed by atoms with Gasteiger partial charge in [-0.25, -0.2) is 0 Å². The van der Waals surface area contributed by atoms with Gasteiger partial charge < -0.3 is 0 Å². The number of rotatable bonds is 1. The summed E-state index contributed by atoms with van der Waals surface area (Å²) in [5.74, 6) is 6.26. The summed E-state index contributed by atoms with van der Waals surface area (Å²) in [4.78, 5) is 11.0. The molecule has 3 aromatic rings. The number of hydrogen-bond donors (Lipinski definition) is 0. The summed E-state index contributed by atoms with van der Waals surface area (Å²) in [6.07, 6.45) is 0.840. The van der Waals surface area contributed by atoms with Gasteiger partial charge in [-0.1, -0.05) is 66.4 Å². The lowest BCUT2D eigenvalue weighted by molar-refractivity contribution is 0.112. The molecule has 0 spiro atoms. The average Bonchev–Trinajstić information content (AvgIpc) is 2.53. The molecule has 0 radical (unpaired) electrons. The monoisotopic (exact) mass is 256 g/mol. The van der Waals surface area contributed by atoms with Crippen LogP contribution in [0.4, 0.5) is 0 Å². The van der Waals surface area contributed by atoms with Crippen LogP contribution in [-0.2, 0) is 0 Å². The largest absolute Gasteiger partial charge is 0.298 e. The number of carbonyl (C=O) groups is 1. The zero-order chi connectivity index (χ0) is 13.8. The molecule has 3 rings (SSSR count). The van der Waals surface area contributed by atoms with Crippen LogP contribution < -0.4 is 0 Å². The van der Waals surface area contributed by atoms with E-state index >= 15 is 0 Å². The summed E-state index contributed by atoms with van der Waals surface area (Å²) >= 11 is 0. The quantitative estimate of drug-likeness (QED) is 0.474. The molecule has 0 bridgehead atoms. The summed E-state index contributed by atoms with van der Waals surface area (Å²) < 4.78 is 0. The number of aldehydes is 1. The zero-order valence-corrected chi connectivity index (χ0v) is 10.8. The van der Waals surface area contributed by atoms with Crippen molar-refractivity contribution in [1.82, 2.24) is 0 Å². The molecule has 0 aliphatic rings. The van der Waals surface area contributed by atoms with Crippen LogP contribution in [0.1, 0.15) is 21.5 Å². The first-order chi connectivity index (χ1) is 9.88. The van der Waals surface area contributed by atoms with Gasteiger partial charge in [0.2, 0.25) is 0 Å². The maximum Gasteiger partial charge on any atom is 0.151 e. The molecule has 0 fully saturated rings. The molecule has 3 aromatic carbocycles. The molecule has 0 saturated heterocycles. The van der Waals surface area contributed by atoms with E-state index in [9.17, 15) is 4.79 Å². The van der Waals surface area contributed by atoms with Gasteiger partial charge in [0, 0.05) is 16.7 Å². The van der Waals surface area contributed by atoms with Crippen LogP contribution in [0, 0.1) is 11.8 Å². The lowest BCUT2D eigenvalue weighted by atomic mass is 10.0. The highest BCUT2D eigenvalue weighted by Crippen LogP contribution is 2.17. The third-order valence-corrected chi connectivity index (χ3v) is 3.21. The molecule has 0 unspecified atom stereocenters. The standard InChI is InChI=1S/C19H12O/c20-14-18-8-2-1-6-15(18)12-13-17-10-5-9-16-7-3-4-11-19(16)17/h1-11,14H. The molecular formula is C19H12O. The first kappa shape index (κ1) is 12.2. The Morgan fingerprint density at radius 2 is 1.35 bits per heavy atom. The number of carbonyl (C=O) groups excluding carboxylic acids is 1. The molecule has 0 aromatic heterocycles. The Labute approximate surface area is 117 Å². The van der Waals surface area contributed by atoms with Crippen molar-refractivity contribution in [1.29, 1.82) is 0 Å². The highest BCUT2D eigenvalue weighted by molar-refractivity contribution is 5.88. The predicted molar refractivity (Wildman–Crippen MR) is 81.8 cm³/mol. The topological polar surface area (TPSA) is 17.1 Å². The van der Waals surface area contributed by atoms with Crippen molar-refractivity contribution in [2.24, 2.45) is 0 Å². The van der Waals surface area contributed by atoms with Crippen molar-refractivity contribution in [3.8, 4) is 11.8 Å². The second kappa shape index (κ2) is 5.42. The molecule has 0 amide bonds. The summed E-state index contributed by atoms with van der Waals surface area (Å²) in [6.45, 7) is 0. The number of benzene rings is 3. The van der Waals surface area contributed by atoms with Gasteiger partial charge in [0.1, 0.15) is 0 Å². The summed E-state index contributed by atoms with van der Waals surface area (Å²) in [6, 6.07) is 21.6. The fourth-order valence-electron chi connectivity index (χ4n) is 2.18. The average molecular weight is 256 g/mol. The van der Waals surface area contributed by atoms with E-state index in [1.165, 1.54) is 5.39 Å². The van der Waals surface area contributed by atoms with Crippen LogP contribution in [0.15, 0.2) is 66.7 Å². The van der Waals surface area contributed by atoms with Gasteiger partial charge in [0.15, 0.2) is 6.29 Å². The van der Waals surface area contributed by atoms with Gasteiger partial charge in [-0.2, -0.15) is 0 Å². The van der Waals surface area contributed by atoms with Gasteiger partial charge in [-0.3, -0.25) is 4.79 Å². The Hall–Kier alpha value is -2.85. The van der Waals surface area contributed by atoms with Gasteiger partial charge in [-0.15, -0.1) is 0 Å². The summed E-state index contributed by atoms with van der Waals surface area (Å²) in [7, 11) is 0. The minimum atomic E-state index is 0.625. The Bertz CT molecular complexity index is 830. The van der Waals surface area contributed by atoms with E-state index in [0.29, 0.717) is 5.56 Å². The molecule has 1 heteroatoms. The Balaban J connectivity index is 2.11. The minimum Gasteiger partial charge on any atom is -0.298 e. The van der Waals surface area contributed by atoms with Crippen LogP contribution in [0.25, 0.3) is 10.8 Å². The SMILES string of the molecule is O=Cc1ccccc1C#Cc1cccc2ccccc12. The van der Waals surface area contributed by atoms with Crippen molar-refractivity contribution in [2.75, 3.05) is 0 Å². The van der Waals surface area contributed by atoms with Gasteiger partial charge in [0.05, 0.1) is 0 Å². The number of fused-ring (bicyclic) bond motifs is 1. The van der Waals surface area contributed by atoms with E-state index in [2.05, 4.69) is 30.0 Å². The third-order valence-electron chi connectivity index (χ3n) is 3.21. The maximum absolute atomic E-state index is 11.0. The Kier molecular flexibility index (Phi) is 3.31. The fraction of sp³-hybridized carbons (Fsp3) is 0. The Morgan fingerprint density at radius 3 is 2.25 bits per heavy atom. The van der Waals surface area contributed by atoms with Crippen LogP contribution in [0.3, 0.4) is 0 Å². The molecule has 0 N–H and O–H groups in total. The van der Waals surface area contributed by atoms with Crippen LogP contribution in [-0.4, -0.2) is 6.29 Å². The van der Waals surface area contributed by atoms with E-state index in [0.717, 1.165) is 22.8 Å². The van der Waals surface area contributed by atoms with E-state index in [1.807, 2.05) is 42.5 Å². The molecule has 20 heavy (non-hydrogen) atoms. The highest BCUT2D eigenvalue weighted by Gasteiger charge is 1.98. The molecule has 1 nitrogen and oxygen atoms in total. The van der Waals surface area contributed by atoms with Crippen LogP contribution in [0.5, 0.6) is 0 Å². The summed E-state index contributed by atoms with van der Waals surface area (Å²) in [5.41, 5.74) is 2.36. The first-order valence-corrected chi connectivity index (χ1v) is 6.42. The predicted octanol–water partition coefficient (Wildman–Crippen LogP) is 4.05. The van der Waals surface area contributed by atoms with E-state index < -0.39 is 0 Å². The van der Waals surface area contributed by atoms with Crippen molar-refractivity contribution >= 4 is 17.1 Å². The van der Waals surface area contributed by atoms with Gasteiger partial charge >= 0.3 is 0 Å². The molecule has 0 aliphatic carbocycles. The zero-order valence-electron chi connectivity index (χ0n) is 10.8. The minimum absolute atomic E-state index is 0.625. The second-order valence-electron chi connectivity index (χ2n) is 4.48. The molecular weight excluding hydrogens is 244 g/mol. The van der Waals surface area contributed by atoms with Gasteiger partial charge in [-0.05, 0) is 22.9 Å². The van der Waals surface area contributed by atoms with E-state index in [-0.39, 0.29) is 0 Å². The maximum atomic E-state index is 11.0. The van der Waals surface area contributed by atoms with Crippen molar-refractivity contribution in [2.45, 2.75) is 0 Å². The fourth-order valence-corrected chi connectivity index (χ4v) is 2.18. The van der Waals surface area contributed by atoms with E-state index in [1.54, 1.807) is 6.07 Å². The molecule has 0 atom stereocenters. The normalized spacial score (nSPS) is 9.80. The lowest BCUT2D eigenvalue weighted by Gasteiger charge is -1.99. The molecule has 0 aliphatic heterocycles. The number of hydrogen-bond acceptors (Lipinski definition) is 1. The molecule has 0 saturated carbocycles. The van der Waals surface area contributed by atoms with Crippen molar-refractivity contribution < 1.29 is 4.79 Å². The van der Waals surface area contributed by atoms with Crippen LogP contribution in [0.2, 0.25) is 0 Å². The third kappa shape index (κ3) is 2.32. The van der Waals surface area contributed by atoms with Crippen LogP contribution >= 0.6 is 0 Å². The highest BCUT2D eigenvalue weighted by atomic mass is 16.1. The van der Waals surface area contributed by atoms with Gasteiger partial charge in [0.25, 0.3) is 0 Å². The van der Waals surface area contributed by atoms with Crippen molar-refractivity contribution in [3.05, 3.63) is 83.4 Å².